The monoisotopic (exact) mass is 224 g/mol. The van der Waals surface area contributed by atoms with Crippen molar-refractivity contribution in [2.24, 2.45) is 0 Å². The van der Waals surface area contributed by atoms with Gasteiger partial charge in [-0.05, 0) is 32.1 Å². The molecule has 15 heavy (non-hydrogen) atoms. The molecule has 1 aliphatic heterocycles. The van der Waals surface area contributed by atoms with Crippen LogP contribution in [-0.2, 0) is 0 Å². The number of anilines is 2. The number of piperidine rings is 1. The molecule has 0 spiro atoms. The molecule has 2 fully saturated rings. The van der Waals surface area contributed by atoms with Gasteiger partial charge >= 0.3 is 0 Å². The summed E-state index contributed by atoms with van der Waals surface area (Å²) in [7, 11) is 0. The Morgan fingerprint density at radius 3 is 2.73 bits per heavy atom. The van der Waals surface area contributed by atoms with Crippen LogP contribution in [0.15, 0.2) is 0 Å². The smallest absolute Gasteiger partial charge is 0.239 e. The van der Waals surface area contributed by atoms with Crippen molar-refractivity contribution in [2.75, 3.05) is 23.3 Å². The van der Waals surface area contributed by atoms with Crippen LogP contribution in [0.25, 0.3) is 0 Å². The van der Waals surface area contributed by atoms with Crippen LogP contribution in [0.5, 0.6) is 0 Å². The van der Waals surface area contributed by atoms with Crippen LogP contribution in [0.1, 0.15) is 32.1 Å². The van der Waals surface area contributed by atoms with E-state index in [4.69, 9.17) is 0 Å². The molecule has 0 amide bonds. The summed E-state index contributed by atoms with van der Waals surface area (Å²) in [6.45, 7) is 2.25. The van der Waals surface area contributed by atoms with E-state index in [2.05, 4.69) is 19.6 Å². The topological polar surface area (TPSA) is 41.1 Å². The lowest BCUT2D eigenvalue weighted by Gasteiger charge is -2.24. The first kappa shape index (κ1) is 9.39. The molecule has 3 rings (SSSR count). The van der Waals surface area contributed by atoms with Gasteiger partial charge in [-0.2, -0.15) is 9.36 Å². The quantitative estimate of drug-likeness (QED) is 0.853. The van der Waals surface area contributed by atoms with Crippen molar-refractivity contribution >= 4 is 22.6 Å². The van der Waals surface area contributed by atoms with Crippen LogP contribution in [-0.4, -0.2) is 28.5 Å². The summed E-state index contributed by atoms with van der Waals surface area (Å²) in [5.74, 6) is 0.933. The third-order valence-electron chi connectivity index (χ3n) is 2.96. The standard InChI is InChI=1S/C10H16N4S/c1-2-6-14(7-3-1)9-12-10(15-13-9)11-8-4-5-8/h8H,1-7H2,(H,11,12,13). The summed E-state index contributed by atoms with van der Waals surface area (Å²) in [5.41, 5.74) is 0. The SMILES string of the molecule is C1CCN(c2nsc(NC3CC3)n2)CC1. The van der Waals surface area contributed by atoms with Gasteiger partial charge < -0.3 is 10.2 Å². The number of nitrogens with one attached hydrogen (secondary N) is 1. The van der Waals surface area contributed by atoms with Crippen LogP contribution >= 0.6 is 11.5 Å². The van der Waals surface area contributed by atoms with Gasteiger partial charge in [-0.3, -0.25) is 0 Å². The molecule has 1 saturated heterocycles. The normalized spacial score (nSPS) is 21.7. The van der Waals surface area contributed by atoms with Gasteiger partial charge in [-0.25, -0.2) is 0 Å². The van der Waals surface area contributed by atoms with Crippen LogP contribution in [0.3, 0.4) is 0 Å². The Kier molecular flexibility index (Phi) is 2.48. The number of rotatable bonds is 3. The Morgan fingerprint density at radius 2 is 2.00 bits per heavy atom. The maximum atomic E-state index is 4.54. The largest absolute Gasteiger partial charge is 0.358 e. The highest BCUT2D eigenvalue weighted by atomic mass is 32.1. The summed E-state index contributed by atoms with van der Waals surface area (Å²) >= 11 is 1.50. The number of hydrogen-bond donors (Lipinski definition) is 1. The van der Waals surface area contributed by atoms with E-state index in [1.165, 1.54) is 43.6 Å². The maximum Gasteiger partial charge on any atom is 0.239 e. The molecule has 5 heteroatoms. The van der Waals surface area contributed by atoms with Gasteiger partial charge in [0.15, 0.2) is 0 Å². The van der Waals surface area contributed by atoms with Gasteiger partial charge in [-0.15, -0.1) is 0 Å². The first-order valence-electron chi connectivity index (χ1n) is 5.77. The highest BCUT2D eigenvalue weighted by Gasteiger charge is 2.23. The first-order valence-corrected chi connectivity index (χ1v) is 6.54. The molecule has 1 aromatic heterocycles. The Bertz CT molecular complexity index is 328. The molecule has 0 atom stereocenters. The fourth-order valence-electron chi connectivity index (χ4n) is 1.90. The minimum absolute atomic E-state index is 0.673. The zero-order valence-corrected chi connectivity index (χ0v) is 9.59. The summed E-state index contributed by atoms with van der Waals surface area (Å²) in [5, 5.41) is 4.39. The number of nitrogens with zero attached hydrogens (tertiary/aromatic N) is 3. The van der Waals surface area contributed by atoms with Crippen LogP contribution in [0.4, 0.5) is 11.1 Å². The number of hydrogen-bond acceptors (Lipinski definition) is 5. The van der Waals surface area contributed by atoms with Crippen LogP contribution in [0.2, 0.25) is 0 Å². The molecule has 2 aliphatic rings. The zero-order valence-electron chi connectivity index (χ0n) is 8.78. The molecule has 2 heterocycles. The molecule has 0 unspecified atom stereocenters. The molecule has 0 aromatic carbocycles. The molecule has 4 nitrogen and oxygen atoms in total. The fraction of sp³-hybridized carbons (Fsp3) is 0.800. The molecule has 82 valence electrons. The average Bonchev–Trinajstić information content (AvgIpc) is 2.96. The molecule has 1 aromatic rings. The van der Waals surface area contributed by atoms with Crippen molar-refractivity contribution in [3.8, 4) is 0 Å². The van der Waals surface area contributed by atoms with E-state index in [0.29, 0.717) is 6.04 Å². The predicted octanol–water partition coefficient (Wildman–Crippen LogP) is 2.10. The Balaban J connectivity index is 1.65. The van der Waals surface area contributed by atoms with Crippen molar-refractivity contribution in [1.82, 2.24) is 9.36 Å². The van der Waals surface area contributed by atoms with Crippen LogP contribution in [0, 0.1) is 0 Å². The van der Waals surface area contributed by atoms with Crippen molar-refractivity contribution in [1.29, 1.82) is 0 Å². The van der Waals surface area contributed by atoms with E-state index >= 15 is 0 Å². The molecule has 0 radical (unpaired) electrons. The lowest BCUT2D eigenvalue weighted by molar-refractivity contribution is 0.570. The Hall–Kier alpha value is -0.840. The molecule has 0 bridgehead atoms. The first-order chi connectivity index (χ1) is 7.42. The van der Waals surface area contributed by atoms with Gasteiger partial charge in [0.25, 0.3) is 0 Å². The van der Waals surface area contributed by atoms with Gasteiger partial charge in [-0.1, -0.05) is 0 Å². The predicted molar refractivity (Wildman–Crippen MR) is 62.6 cm³/mol. The molecular weight excluding hydrogens is 208 g/mol. The van der Waals surface area contributed by atoms with Crippen molar-refractivity contribution in [3.05, 3.63) is 0 Å². The lowest BCUT2D eigenvalue weighted by Crippen LogP contribution is -2.30. The Morgan fingerprint density at radius 1 is 1.20 bits per heavy atom. The molecule has 1 N–H and O–H groups in total. The van der Waals surface area contributed by atoms with Gasteiger partial charge in [0.2, 0.25) is 11.1 Å². The van der Waals surface area contributed by atoms with Gasteiger partial charge in [0.05, 0.1) is 0 Å². The van der Waals surface area contributed by atoms with E-state index in [1.807, 2.05) is 0 Å². The van der Waals surface area contributed by atoms with Gasteiger partial charge in [0.1, 0.15) is 0 Å². The second-order valence-corrected chi connectivity index (χ2v) is 5.12. The fourth-order valence-corrected chi connectivity index (χ4v) is 2.57. The maximum absolute atomic E-state index is 4.54. The highest BCUT2D eigenvalue weighted by Crippen LogP contribution is 2.27. The van der Waals surface area contributed by atoms with Crippen molar-refractivity contribution < 1.29 is 0 Å². The Labute approximate surface area is 93.9 Å². The van der Waals surface area contributed by atoms with E-state index < -0.39 is 0 Å². The van der Waals surface area contributed by atoms with Crippen molar-refractivity contribution in [3.63, 3.8) is 0 Å². The summed E-state index contributed by atoms with van der Waals surface area (Å²) in [4.78, 5) is 6.84. The van der Waals surface area contributed by atoms with E-state index in [0.717, 1.165) is 24.2 Å². The highest BCUT2D eigenvalue weighted by molar-refractivity contribution is 7.09. The molecule has 1 aliphatic carbocycles. The van der Waals surface area contributed by atoms with E-state index in [1.54, 1.807) is 0 Å². The van der Waals surface area contributed by atoms with E-state index in [-0.39, 0.29) is 0 Å². The summed E-state index contributed by atoms with van der Waals surface area (Å²) < 4.78 is 4.41. The van der Waals surface area contributed by atoms with Gasteiger partial charge in [0, 0.05) is 30.7 Å². The van der Waals surface area contributed by atoms with Crippen LogP contribution < -0.4 is 10.2 Å². The average molecular weight is 224 g/mol. The molecular formula is C10H16N4S. The second-order valence-electron chi connectivity index (χ2n) is 4.37. The summed E-state index contributed by atoms with van der Waals surface area (Å²) in [6.07, 6.45) is 6.50. The van der Waals surface area contributed by atoms with Crippen molar-refractivity contribution in [2.45, 2.75) is 38.1 Å². The zero-order chi connectivity index (χ0) is 10.1. The second kappa shape index (κ2) is 3.96. The minimum Gasteiger partial charge on any atom is -0.358 e. The summed E-state index contributed by atoms with van der Waals surface area (Å²) in [6, 6.07) is 0.673. The lowest BCUT2D eigenvalue weighted by atomic mass is 10.1. The molecule has 1 saturated carbocycles. The minimum atomic E-state index is 0.673. The van der Waals surface area contributed by atoms with E-state index in [9.17, 15) is 0 Å². The third kappa shape index (κ3) is 2.22. The third-order valence-corrected chi connectivity index (χ3v) is 3.60. The number of aromatic nitrogens is 2.